The Balaban J connectivity index is 1.93. The smallest absolute Gasteiger partial charge is 0.246 e. The minimum absolute atomic E-state index is 0.0966. The number of nitrogens with zero attached hydrogens (tertiary/aromatic N) is 1. The van der Waals surface area contributed by atoms with Crippen molar-refractivity contribution >= 4 is 51.2 Å². The first kappa shape index (κ1) is 18.4. The number of aryl methyl sites for hydroxylation is 1. The van der Waals surface area contributed by atoms with Crippen LogP contribution in [0.2, 0.25) is 10.0 Å². The zero-order valence-corrected chi connectivity index (χ0v) is 16.4. The predicted molar refractivity (Wildman–Crippen MR) is 108 cm³/mol. The number of benzene rings is 1. The molecule has 2 aromatic rings. The number of nitrogens with one attached hydrogen (secondary N) is 1. The van der Waals surface area contributed by atoms with Gasteiger partial charge in [-0.3, -0.25) is 9.79 Å². The fraction of sp³-hybridized carbons (Fsp3) is 0.368. The Morgan fingerprint density at radius 3 is 2.76 bits per heavy atom. The molecule has 25 heavy (non-hydrogen) atoms. The summed E-state index contributed by atoms with van der Waals surface area (Å²) in [5, 5.41) is 4.96. The van der Waals surface area contributed by atoms with Gasteiger partial charge >= 0.3 is 0 Å². The number of hydrogen-bond acceptors (Lipinski definition) is 3. The Bertz CT molecular complexity index is 814. The third-order valence-electron chi connectivity index (χ3n) is 4.13. The molecule has 0 bridgehead atoms. The number of hydrogen-bond donors (Lipinski definition) is 1. The van der Waals surface area contributed by atoms with Crippen LogP contribution in [0.4, 0.5) is 5.00 Å². The van der Waals surface area contributed by atoms with Crippen LogP contribution in [-0.2, 0) is 11.2 Å². The van der Waals surface area contributed by atoms with Crippen LogP contribution in [0.15, 0.2) is 29.3 Å². The maximum Gasteiger partial charge on any atom is 0.246 e. The topological polar surface area (TPSA) is 41.5 Å². The molecular formula is C19H20Cl2N2OS. The largest absolute Gasteiger partial charge is 0.316 e. The molecule has 0 atom stereocenters. The highest BCUT2D eigenvalue weighted by Crippen LogP contribution is 2.34. The SMILES string of the molecule is CCCCCCc1cc2c(s1)NC(=O)CN=C2c1ccc(Cl)cc1Cl. The second-order valence-corrected chi connectivity index (χ2v) is 8.08. The highest BCUT2D eigenvalue weighted by Gasteiger charge is 2.22. The number of fused-ring (bicyclic) bond motifs is 1. The van der Waals surface area contributed by atoms with E-state index in [4.69, 9.17) is 23.2 Å². The number of thiophene rings is 1. The highest BCUT2D eigenvalue weighted by atomic mass is 35.5. The number of aliphatic imine (C=N–C) groups is 1. The van der Waals surface area contributed by atoms with E-state index in [1.54, 1.807) is 23.5 Å². The first-order valence-electron chi connectivity index (χ1n) is 8.51. The summed E-state index contributed by atoms with van der Waals surface area (Å²) in [7, 11) is 0. The van der Waals surface area contributed by atoms with Crippen molar-refractivity contribution < 1.29 is 4.79 Å². The van der Waals surface area contributed by atoms with Crippen molar-refractivity contribution in [3.05, 3.63) is 50.3 Å². The van der Waals surface area contributed by atoms with Gasteiger partial charge in [0.15, 0.2) is 0 Å². The van der Waals surface area contributed by atoms with E-state index in [0.717, 1.165) is 34.7 Å². The Morgan fingerprint density at radius 2 is 2.00 bits per heavy atom. The zero-order valence-electron chi connectivity index (χ0n) is 14.1. The minimum Gasteiger partial charge on any atom is -0.316 e. The van der Waals surface area contributed by atoms with E-state index in [2.05, 4.69) is 23.3 Å². The van der Waals surface area contributed by atoms with Crippen LogP contribution < -0.4 is 5.32 Å². The summed E-state index contributed by atoms with van der Waals surface area (Å²) in [4.78, 5) is 17.8. The maximum absolute atomic E-state index is 12.0. The van der Waals surface area contributed by atoms with Crippen LogP contribution in [0.25, 0.3) is 0 Å². The van der Waals surface area contributed by atoms with Gasteiger partial charge in [-0.1, -0.05) is 49.4 Å². The van der Waals surface area contributed by atoms with E-state index in [1.165, 1.54) is 24.1 Å². The zero-order chi connectivity index (χ0) is 17.8. The van der Waals surface area contributed by atoms with Crippen LogP contribution >= 0.6 is 34.5 Å². The van der Waals surface area contributed by atoms with Gasteiger partial charge in [-0.25, -0.2) is 0 Å². The lowest BCUT2D eigenvalue weighted by Gasteiger charge is -2.07. The molecule has 1 aliphatic rings. The second-order valence-electron chi connectivity index (χ2n) is 6.10. The monoisotopic (exact) mass is 394 g/mol. The van der Waals surface area contributed by atoms with Gasteiger partial charge in [0.05, 0.1) is 10.7 Å². The predicted octanol–water partition coefficient (Wildman–Crippen LogP) is 5.97. The molecule has 6 heteroatoms. The third kappa shape index (κ3) is 4.43. The molecule has 0 radical (unpaired) electrons. The molecule has 3 nitrogen and oxygen atoms in total. The van der Waals surface area contributed by atoms with Crippen molar-refractivity contribution in [1.82, 2.24) is 0 Å². The lowest BCUT2D eigenvalue weighted by Crippen LogP contribution is -2.12. The first-order chi connectivity index (χ1) is 12.1. The van der Waals surface area contributed by atoms with Crippen molar-refractivity contribution in [2.24, 2.45) is 4.99 Å². The molecule has 0 saturated carbocycles. The Labute approximate surface area is 162 Å². The van der Waals surface area contributed by atoms with Gasteiger partial charge in [-0.05, 0) is 37.1 Å². The summed E-state index contributed by atoms with van der Waals surface area (Å²) in [6.07, 6.45) is 5.90. The average molecular weight is 395 g/mol. The minimum atomic E-state index is -0.0966. The van der Waals surface area contributed by atoms with Crippen LogP contribution in [0, 0.1) is 0 Å². The van der Waals surface area contributed by atoms with Crippen LogP contribution in [0.5, 0.6) is 0 Å². The summed E-state index contributed by atoms with van der Waals surface area (Å²) in [5.74, 6) is -0.0966. The maximum atomic E-state index is 12.0. The molecule has 3 rings (SSSR count). The molecule has 1 N–H and O–H groups in total. The number of rotatable bonds is 6. The molecular weight excluding hydrogens is 375 g/mol. The summed E-state index contributed by atoms with van der Waals surface area (Å²) in [6.45, 7) is 2.31. The normalized spacial score (nSPS) is 13.9. The number of carbonyl (C=O) groups excluding carboxylic acids is 1. The van der Waals surface area contributed by atoms with E-state index in [1.807, 2.05) is 6.07 Å². The van der Waals surface area contributed by atoms with E-state index >= 15 is 0 Å². The van der Waals surface area contributed by atoms with Crippen LogP contribution in [0.3, 0.4) is 0 Å². The quantitative estimate of drug-likeness (QED) is 0.602. The van der Waals surface area contributed by atoms with E-state index in [0.29, 0.717) is 10.0 Å². The fourth-order valence-corrected chi connectivity index (χ4v) is 4.49. The Morgan fingerprint density at radius 1 is 1.16 bits per heavy atom. The molecule has 0 spiro atoms. The Kier molecular flexibility index (Phi) is 6.15. The van der Waals surface area contributed by atoms with Crippen molar-refractivity contribution in [3.8, 4) is 0 Å². The standard InChI is InChI=1S/C19H20Cl2N2OS/c1-2-3-4-5-6-13-10-15-18(14-8-7-12(20)9-16(14)21)22-11-17(24)23-19(15)25-13/h7-10H,2-6,11H2,1H3,(H,23,24). The molecule has 2 heterocycles. The molecule has 132 valence electrons. The average Bonchev–Trinajstić information content (AvgIpc) is 2.89. The first-order valence-corrected chi connectivity index (χ1v) is 10.1. The van der Waals surface area contributed by atoms with Gasteiger partial charge in [-0.15, -0.1) is 11.3 Å². The second kappa shape index (κ2) is 8.35. The van der Waals surface area contributed by atoms with Gasteiger partial charge in [0.1, 0.15) is 11.5 Å². The van der Waals surface area contributed by atoms with E-state index in [9.17, 15) is 4.79 Å². The van der Waals surface area contributed by atoms with Gasteiger partial charge in [0.25, 0.3) is 0 Å². The Hall–Kier alpha value is -1.36. The van der Waals surface area contributed by atoms with Crippen molar-refractivity contribution in [3.63, 3.8) is 0 Å². The molecule has 0 fully saturated rings. The number of unbranched alkanes of at least 4 members (excludes halogenated alkanes) is 3. The van der Waals surface area contributed by atoms with Crippen molar-refractivity contribution in [2.45, 2.75) is 39.0 Å². The van der Waals surface area contributed by atoms with Gasteiger partial charge in [-0.2, -0.15) is 0 Å². The van der Waals surface area contributed by atoms with Gasteiger partial charge in [0, 0.05) is 21.0 Å². The molecule has 1 aromatic carbocycles. The van der Waals surface area contributed by atoms with Crippen molar-refractivity contribution in [1.29, 1.82) is 0 Å². The fourth-order valence-electron chi connectivity index (χ4n) is 2.87. The summed E-state index contributed by atoms with van der Waals surface area (Å²) in [5.41, 5.74) is 2.51. The summed E-state index contributed by atoms with van der Waals surface area (Å²) in [6, 6.07) is 7.50. The van der Waals surface area contributed by atoms with Crippen LogP contribution in [-0.4, -0.2) is 18.2 Å². The van der Waals surface area contributed by atoms with E-state index < -0.39 is 0 Å². The van der Waals surface area contributed by atoms with Gasteiger partial charge in [0.2, 0.25) is 5.91 Å². The van der Waals surface area contributed by atoms with Crippen LogP contribution in [0.1, 0.15) is 48.6 Å². The lowest BCUT2D eigenvalue weighted by molar-refractivity contribution is -0.114. The van der Waals surface area contributed by atoms with Gasteiger partial charge < -0.3 is 5.32 Å². The molecule has 0 unspecified atom stereocenters. The molecule has 1 aromatic heterocycles. The molecule has 1 aliphatic heterocycles. The number of anilines is 1. The van der Waals surface area contributed by atoms with Crippen molar-refractivity contribution in [2.75, 3.05) is 11.9 Å². The highest BCUT2D eigenvalue weighted by molar-refractivity contribution is 7.16. The summed E-state index contributed by atoms with van der Waals surface area (Å²) >= 11 is 14.0. The lowest BCUT2D eigenvalue weighted by atomic mass is 10.0. The summed E-state index contributed by atoms with van der Waals surface area (Å²) < 4.78 is 0. The number of halogens is 2. The molecule has 0 aliphatic carbocycles. The number of carbonyl (C=O) groups is 1. The molecule has 1 amide bonds. The third-order valence-corrected chi connectivity index (χ3v) is 5.79. The molecule has 0 saturated heterocycles. The number of amides is 1. The van der Waals surface area contributed by atoms with E-state index in [-0.39, 0.29) is 12.5 Å².